The Morgan fingerprint density at radius 3 is 2.41 bits per heavy atom. The van der Waals surface area contributed by atoms with E-state index in [2.05, 4.69) is 10.4 Å². The maximum atomic E-state index is 13.2. The van der Waals surface area contributed by atoms with Crippen molar-refractivity contribution in [2.75, 3.05) is 16.1 Å². The number of thioether (sulfide) groups is 1. The van der Waals surface area contributed by atoms with Crippen molar-refractivity contribution in [3.05, 3.63) is 59.9 Å². The summed E-state index contributed by atoms with van der Waals surface area (Å²) in [4.78, 5) is 49.2. The van der Waals surface area contributed by atoms with Crippen molar-refractivity contribution in [2.45, 2.75) is 19.0 Å². The zero-order valence-corrected chi connectivity index (χ0v) is 17.5. The lowest BCUT2D eigenvalue weighted by Crippen LogP contribution is -2.39. The molecule has 0 bridgehead atoms. The molecule has 4 rings (SSSR count). The van der Waals surface area contributed by atoms with E-state index in [1.54, 1.807) is 24.3 Å². The zero-order valence-electron chi connectivity index (χ0n) is 16.7. The average molecular weight is 455 g/mol. The molecule has 9 nitrogen and oxygen atoms in total. The number of benzene rings is 2. The fourth-order valence-electron chi connectivity index (χ4n) is 3.31. The summed E-state index contributed by atoms with van der Waals surface area (Å²) in [6, 6.07) is 11.2. The highest BCUT2D eigenvalue weighted by Crippen LogP contribution is 2.26. The number of amides is 4. The SMILES string of the molecule is NC(=O)C1CC(C(=O)Nc2ccc(CN3C(=O)CSC3=O)cc2)=NN1c1ccc(F)cc1. The van der Waals surface area contributed by atoms with E-state index in [0.29, 0.717) is 11.4 Å². The number of rotatable bonds is 6. The third-order valence-corrected chi connectivity index (χ3v) is 5.84. The number of imide groups is 1. The number of nitrogens with zero attached hydrogens (tertiary/aromatic N) is 3. The van der Waals surface area contributed by atoms with Crippen LogP contribution in [0, 0.1) is 5.82 Å². The van der Waals surface area contributed by atoms with Crippen LogP contribution in [-0.2, 0) is 20.9 Å². The van der Waals surface area contributed by atoms with Gasteiger partial charge in [-0.1, -0.05) is 23.9 Å². The number of carbonyl (C=O) groups is 4. The minimum Gasteiger partial charge on any atom is -0.368 e. The first-order valence-electron chi connectivity index (χ1n) is 9.61. The molecule has 0 spiro atoms. The lowest BCUT2D eigenvalue weighted by Gasteiger charge is -2.20. The summed E-state index contributed by atoms with van der Waals surface area (Å²) < 4.78 is 13.2. The monoisotopic (exact) mass is 455 g/mol. The summed E-state index contributed by atoms with van der Waals surface area (Å²) in [6.07, 6.45) is 0.00742. The topological polar surface area (TPSA) is 125 Å². The molecule has 4 amide bonds. The Balaban J connectivity index is 1.44. The predicted molar refractivity (Wildman–Crippen MR) is 117 cm³/mol. The molecular weight excluding hydrogens is 437 g/mol. The molecule has 0 radical (unpaired) electrons. The maximum Gasteiger partial charge on any atom is 0.289 e. The number of nitrogens with one attached hydrogen (secondary N) is 1. The Bertz CT molecular complexity index is 1100. The standard InChI is InChI=1S/C21H18FN5O4S/c22-13-3-7-15(8-4-13)27-17(19(23)29)9-16(25-27)20(30)24-14-5-1-12(2-6-14)10-26-18(28)11-32-21(26)31/h1-8,17H,9-11H2,(H2,23,29)(H,24,30). The second kappa shape index (κ2) is 8.79. The Labute approximate surface area is 186 Å². The number of hydrogen-bond acceptors (Lipinski definition) is 7. The minimum absolute atomic E-state index is 0.00742. The van der Waals surface area contributed by atoms with E-state index in [-0.39, 0.29) is 35.6 Å². The van der Waals surface area contributed by atoms with Crippen molar-refractivity contribution < 1.29 is 23.6 Å². The molecule has 2 heterocycles. The number of hydrazone groups is 1. The quantitative estimate of drug-likeness (QED) is 0.687. The van der Waals surface area contributed by atoms with Crippen LogP contribution in [0.5, 0.6) is 0 Å². The second-order valence-electron chi connectivity index (χ2n) is 7.18. The highest BCUT2D eigenvalue weighted by atomic mass is 32.2. The third-order valence-electron chi connectivity index (χ3n) is 4.99. The van der Waals surface area contributed by atoms with E-state index in [1.807, 2.05) is 0 Å². The molecule has 2 aromatic carbocycles. The summed E-state index contributed by atoms with van der Waals surface area (Å²) in [6.45, 7) is 0.165. The van der Waals surface area contributed by atoms with Crippen LogP contribution in [-0.4, -0.2) is 45.4 Å². The molecule has 3 N–H and O–H groups in total. The fraction of sp³-hybridized carbons (Fsp3) is 0.190. The lowest BCUT2D eigenvalue weighted by molar-refractivity contribution is -0.125. The van der Waals surface area contributed by atoms with Gasteiger partial charge in [0.1, 0.15) is 17.6 Å². The van der Waals surface area contributed by atoms with E-state index >= 15 is 0 Å². The van der Waals surface area contributed by atoms with Gasteiger partial charge >= 0.3 is 0 Å². The van der Waals surface area contributed by atoms with Gasteiger partial charge in [-0.3, -0.25) is 29.1 Å². The van der Waals surface area contributed by atoms with Gasteiger partial charge in [0.25, 0.3) is 11.1 Å². The molecule has 2 aliphatic heterocycles. The van der Waals surface area contributed by atoms with Crippen LogP contribution < -0.4 is 16.1 Å². The van der Waals surface area contributed by atoms with Crippen molar-refractivity contribution in [3.63, 3.8) is 0 Å². The molecular formula is C21H18FN5O4S. The second-order valence-corrected chi connectivity index (χ2v) is 8.10. The van der Waals surface area contributed by atoms with Gasteiger partial charge in [0.15, 0.2) is 0 Å². The minimum atomic E-state index is -0.864. The van der Waals surface area contributed by atoms with E-state index in [9.17, 15) is 23.6 Å². The summed E-state index contributed by atoms with van der Waals surface area (Å²) in [5.74, 6) is -1.68. The Kier molecular flexibility index (Phi) is 5.91. The van der Waals surface area contributed by atoms with Crippen LogP contribution >= 0.6 is 11.8 Å². The maximum absolute atomic E-state index is 13.2. The normalized spacial score (nSPS) is 18.2. The van der Waals surface area contributed by atoms with Gasteiger partial charge in [-0.2, -0.15) is 5.10 Å². The summed E-state index contributed by atoms with van der Waals surface area (Å²) >= 11 is 0.972. The Morgan fingerprint density at radius 2 is 1.81 bits per heavy atom. The zero-order chi connectivity index (χ0) is 22.8. The van der Waals surface area contributed by atoms with Crippen LogP contribution in [0.3, 0.4) is 0 Å². The van der Waals surface area contributed by atoms with Gasteiger partial charge in [-0.25, -0.2) is 4.39 Å². The average Bonchev–Trinajstić information content (AvgIpc) is 3.35. The predicted octanol–water partition coefficient (Wildman–Crippen LogP) is 2.08. The third kappa shape index (κ3) is 4.47. The molecule has 2 aliphatic rings. The van der Waals surface area contributed by atoms with E-state index in [1.165, 1.54) is 34.2 Å². The summed E-state index contributed by atoms with van der Waals surface area (Å²) in [7, 11) is 0. The highest BCUT2D eigenvalue weighted by Gasteiger charge is 2.35. The van der Waals surface area contributed by atoms with Crippen LogP contribution in [0.25, 0.3) is 0 Å². The van der Waals surface area contributed by atoms with E-state index in [4.69, 9.17) is 5.73 Å². The molecule has 1 fully saturated rings. The lowest BCUT2D eigenvalue weighted by atomic mass is 10.1. The first-order valence-corrected chi connectivity index (χ1v) is 10.6. The molecule has 164 valence electrons. The summed E-state index contributed by atoms with van der Waals surface area (Å²) in [5, 5.41) is 7.95. The van der Waals surface area contributed by atoms with E-state index in [0.717, 1.165) is 17.3 Å². The number of halogens is 1. The van der Waals surface area contributed by atoms with E-state index < -0.39 is 23.7 Å². The number of carbonyl (C=O) groups excluding carboxylic acids is 4. The molecule has 1 saturated heterocycles. The molecule has 11 heteroatoms. The number of primary amides is 1. The van der Waals surface area contributed by atoms with Crippen molar-refractivity contribution in [2.24, 2.45) is 10.8 Å². The van der Waals surface area contributed by atoms with Crippen molar-refractivity contribution in [1.29, 1.82) is 0 Å². The van der Waals surface area contributed by atoms with Crippen molar-refractivity contribution >= 4 is 51.8 Å². The number of anilines is 2. The first kappa shape index (κ1) is 21.5. The van der Waals surface area contributed by atoms with Crippen molar-refractivity contribution in [3.8, 4) is 0 Å². The largest absolute Gasteiger partial charge is 0.368 e. The van der Waals surface area contributed by atoms with Gasteiger partial charge in [0.2, 0.25) is 11.8 Å². The molecule has 0 saturated carbocycles. The van der Waals surface area contributed by atoms with Gasteiger partial charge in [-0.15, -0.1) is 0 Å². The number of nitrogens with two attached hydrogens (primary N) is 1. The van der Waals surface area contributed by atoms with Gasteiger partial charge in [-0.05, 0) is 42.0 Å². The Hall–Kier alpha value is -3.73. The van der Waals surface area contributed by atoms with Crippen LogP contribution in [0.1, 0.15) is 12.0 Å². The molecule has 0 aliphatic carbocycles. The molecule has 32 heavy (non-hydrogen) atoms. The van der Waals surface area contributed by atoms with Crippen molar-refractivity contribution in [1.82, 2.24) is 4.90 Å². The number of hydrogen-bond donors (Lipinski definition) is 2. The highest BCUT2D eigenvalue weighted by molar-refractivity contribution is 8.14. The fourth-order valence-corrected chi connectivity index (χ4v) is 4.04. The molecule has 1 unspecified atom stereocenters. The van der Waals surface area contributed by atoms with Crippen LogP contribution in [0.4, 0.5) is 20.6 Å². The van der Waals surface area contributed by atoms with Gasteiger partial charge in [0, 0.05) is 12.1 Å². The summed E-state index contributed by atoms with van der Waals surface area (Å²) in [5.41, 5.74) is 7.22. The van der Waals surface area contributed by atoms with Crippen LogP contribution in [0.15, 0.2) is 53.6 Å². The van der Waals surface area contributed by atoms with Crippen LogP contribution in [0.2, 0.25) is 0 Å². The molecule has 1 atom stereocenters. The smallest absolute Gasteiger partial charge is 0.289 e. The van der Waals surface area contributed by atoms with Gasteiger partial charge in [0.05, 0.1) is 18.0 Å². The molecule has 2 aromatic rings. The Morgan fingerprint density at radius 1 is 1.12 bits per heavy atom. The molecule has 0 aromatic heterocycles. The van der Waals surface area contributed by atoms with Gasteiger partial charge < -0.3 is 11.1 Å². The first-order chi connectivity index (χ1) is 15.3.